The lowest BCUT2D eigenvalue weighted by Crippen LogP contribution is -2.47. The van der Waals surface area contributed by atoms with Crippen molar-refractivity contribution < 1.29 is 9.53 Å². The summed E-state index contributed by atoms with van der Waals surface area (Å²) in [7, 11) is 0. The summed E-state index contributed by atoms with van der Waals surface area (Å²) in [6.45, 7) is 4.73. The van der Waals surface area contributed by atoms with Crippen molar-refractivity contribution in [2.24, 2.45) is 0 Å². The molecule has 14 heavy (non-hydrogen) atoms. The molecule has 2 fully saturated rings. The van der Waals surface area contributed by atoms with Crippen LogP contribution in [0.15, 0.2) is 0 Å². The molecule has 0 aromatic carbocycles. The third-order valence-corrected chi connectivity index (χ3v) is 3.18. The largest absolute Gasteiger partial charge is 0.447 e. The molecule has 0 aromatic rings. The van der Waals surface area contributed by atoms with Crippen LogP contribution in [0.4, 0.5) is 4.79 Å². The van der Waals surface area contributed by atoms with E-state index < -0.39 is 0 Å². The topological polar surface area (TPSA) is 41.6 Å². The van der Waals surface area contributed by atoms with E-state index in [0.29, 0.717) is 18.7 Å². The van der Waals surface area contributed by atoms with Crippen molar-refractivity contribution in [3.63, 3.8) is 0 Å². The molecule has 0 bridgehead atoms. The Kier molecular flexibility index (Phi) is 2.91. The molecule has 1 N–H and O–H groups in total. The maximum atomic E-state index is 11.5. The fourth-order valence-corrected chi connectivity index (χ4v) is 2.32. The highest BCUT2D eigenvalue weighted by Gasteiger charge is 2.37. The van der Waals surface area contributed by atoms with E-state index in [2.05, 4.69) is 12.2 Å². The van der Waals surface area contributed by atoms with E-state index in [1.54, 1.807) is 0 Å². The van der Waals surface area contributed by atoms with E-state index in [4.69, 9.17) is 4.74 Å². The quantitative estimate of drug-likeness (QED) is 0.719. The summed E-state index contributed by atoms with van der Waals surface area (Å²) in [4.78, 5) is 13.5. The Morgan fingerprint density at radius 2 is 2.21 bits per heavy atom. The zero-order valence-electron chi connectivity index (χ0n) is 8.66. The monoisotopic (exact) mass is 198 g/mol. The average Bonchev–Trinajstić information content (AvgIpc) is 2.61. The van der Waals surface area contributed by atoms with Crippen molar-refractivity contribution in [1.29, 1.82) is 0 Å². The van der Waals surface area contributed by atoms with E-state index >= 15 is 0 Å². The lowest BCUT2D eigenvalue weighted by Gasteiger charge is -2.33. The lowest BCUT2D eigenvalue weighted by molar-refractivity contribution is 0.133. The zero-order valence-corrected chi connectivity index (χ0v) is 8.66. The van der Waals surface area contributed by atoms with Crippen molar-refractivity contribution in [3.8, 4) is 0 Å². The van der Waals surface area contributed by atoms with Crippen LogP contribution in [0.25, 0.3) is 0 Å². The smallest absolute Gasteiger partial charge is 0.410 e. The van der Waals surface area contributed by atoms with Gasteiger partial charge < -0.3 is 10.1 Å². The number of nitrogens with zero attached hydrogens (tertiary/aromatic N) is 1. The van der Waals surface area contributed by atoms with E-state index in [9.17, 15) is 4.79 Å². The summed E-state index contributed by atoms with van der Waals surface area (Å²) in [5.41, 5.74) is 0. The minimum Gasteiger partial charge on any atom is -0.447 e. The highest BCUT2D eigenvalue weighted by atomic mass is 16.6. The van der Waals surface area contributed by atoms with Crippen LogP contribution in [0.1, 0.15) is 26.2 Å². The van der Waals surface area contributed by atoms with Crippen LogP contribution in [-0.2, 0) is 4.74 Å². The van der Waals surface area contributed by atoms with Crippen LogP contribution in [0.2, 0.25) is 0 Å². The van der Waals surface area contributed by atoms with Crippen molar-refractivity contribution >= 4 is 6.09 Å². The lowest BCUT2D eigenvalue weighted by atomic mass is 10.0. The van der Waals surface area contributed by atoms with Gasteiger partial charge in [0.15, 0.2) is 0 Å². The SMILES string of the molecule is CC[C@@H]1COC(=O)N1C1CCNCC1. The maximum absolute atomic E-state index is 11.5. The minimum atomic E-state index is -0.108. The van der Waals surface area contributed by atoms with E-state index in [-0.39, 0.29) is 6.09 Å². The molecule has 1 atom stereocenters. The Labute approximate surface area is 84.6 Å². The molecule has 2 saturated heterocycles. The molecule has 0 saturated carbocycles. The third-order valence-electron chi connectivity index (χ3n) is 3.18. The van der Waals surface area contributed by atoms with E-state index in [1.807, 2.05) is 4.90 Å². The zero-order chi connectivity index (χ0) is 9.97. The molecule has 2 aliphatic heterocycles. The fraction of sp³-hybridized carbons (Fsp3) is 0.900. The summed E-state index contributed by atoms with van der Waals surface area (Å²) in [5.74, 6) is 0. The maximum Gasteiger partial charge on any atom is 0.410 e. The number of piperidine rings is 1. The molecule has 4 heteroatoms. The predicted molar refractivity (Wildman–Crippen MR) is 53.2 cm³/mol. The van der Waals surface area contributed by atoms with E-state index in [1.165, 1.54) is 0 Å². The molecular formula is C10H18N2O2. The molecule has 0 aliphatic carbocycles. The average molecular weight is 198 g/mol. The van der Waals surface area contributed by atoms with Gasteiger partial charge in [0.05, 0.1) is 6.04 Å². The molecule has 80 valence electrons. The molecule has 2 heterocycles. The van der Waals surface area contributed by atoms with Crippen molar-refractivity contribution in [1.82, 2.24) is 10.2 Å². The van der Waals surface area contributed by atoms with Crippen LogP contribution < -0.4 is 5.32 Å². The van der Waals surface area contributed by atoms with Gasteiger partial charge in [-0.05, 0) is 32.4 Å². The normalized spacial score (nSPS) is 29.4. The summed E-state index contributed by atoms with van der Waals surface area (Å²) < 4.78 is 5.09. The van der Waals surface area contributed by atoms with Crippen LogP contribution >= 0.6 is 0 Å². The van der Waals surface area contributed by atoms with Gasteiger partial charge in [0, 0.05) is 6.04 Å². The molecule has 0 spiro atoms. The second-order valence-electron chi connectivity index (χ2n) is 4.03. The van der Waals surface area contributed by atoms with Gasteiger partial charge in [0.25, 0.3) is 0 Å². The van der Waals surface area contributed by atoms with Gasteiger partial charge in [-0.1, -0.05) is 6.92 Å². The number of amides is 1. The summed E-state index contributed by atoms with van der Waals surface area (Å²) in [6.07, 6.45) is 3.01. The number of cyclic esters (lactones) is 1. The first-order chi connectivity index (χ1) is 6.83. The third kappa shape index (κ3) is 1.71. The number of rotatable bonds is 2. The number of hydrogen-bond donors (Lipinski definition) is 1. The molecule has 0 aromatic heterocycles. The fourth-order valence-electron chi connectivity index (χ4n) is 2.32. The first-order valence-corrected chi connectivity index (χ1v) is 5.48. The van der Waals surface area contributed by atoms with Crippen LogP contribution in [-0.4, -0.2) is 42.8 Å². The van der Waals surface area contributed by atoms with Crippen LogP contribution in [0, 0.1) is 0 Å². The van der Waals surface area contributed by atoms with Gasteiger partial charge >= 0.3 is 6.09 Å². The molecule has 0 radical (unpaired) electrons. The van der Waals surface area contributed by atoms with Crippen LogP contribution in [0.5, 0.6) is 0 Å². The molecule has 0 unspecified atom stereocenters. The molecule has 2 aliphatic rings. The van der Waals surface area contributed by atoms with Gasteiger partial charge in [0.1, 0.15) is 6.61 Å². The number of nitrogens with one attached hydrogen (secondary N) is 1. The predicted octanol–water partition coefficient (Wildman–Crippen LogP) is 0.969. The van der Waals surface area contributed by atoms with Crippen molar-refractivity contribution in [2.75, 3.05) is 19.7 Å². The van der Waals surface area contributed by atoms with E-state index in [0.717, 1.165) is 32.4 Å². The number of ether oxygens (including phenoxy) is 1. The molecule has 2 rings (SSSR count). The second-order valence-corrected chi connectivity index (χ2v) is 4.03. The number of carbonyl (C=O) groups is 1. The molecular weight excluding hydrogens is 180 g/mol. The van der Waals surface area contributed by atoms with Gasteiger partial charge in [-0.3, -0.25) is 4.90 Å². The number of carbonyl (C=O) groups excluding carboxylic acids is 1. The minimum absolute atomic E-state index is 0.108. The Hall–Kier alpha value is -0.770. The summed E-state index contributed by atoms with van der Waals surface area (Å²) >= 11 is 0. The van der Waals surface area contributed by atoms with Gasteiger partial charge in [-0.25, -0.2) is 4.79 Å². The Morgan fingerprint density at radius 3 is 2.86 bits per heavy atom. The van der Waals surface area contributed by atoms with Gasteiger partial charge in [0.2, 0.25) is 0 Å². The van der Waals surface area contributed by atoms with Crippen molar-refractivity contribution in [2.45, 2.75) is 38.3 Å². The summed E-state index contributed by atoms with van der Waals surface area (Å²) in [6, 6.07) is 0.710. The van der Waals surface area contributed by atoms with Crippen LogP contribution in [0.3, 0.4) is 0 Å². The Bertz CT molecular complexity index is 214. The standard InChI is InChI=1S/C10H18N2O2/c1-2-8-7-14-10(13)12(8)9-3-5-11-6-4-9/h8-9,11H,2-7H2,1H3/t8-/m1/s1. The van der Waals surface area contributed by atoms with Crippen molar-refractivity contribution in [3.05, 3.63) is 0 Å². The summed E-state index contributed by atoms with van der Waals surface area (Å²) in [5, 5.41) is 3.31. The highest BCUT2D eigenvalue weighted by Crippen LogP contribution is 2.23. The molecule has 4 nitrogen and oxygen atoms in total. The highest BCUT2D eigenvalue weighted by molar-refractivity contribution is 5.70. The number of hydrogen-bond acceptors (Lipinski definition) is 3. The Balaban J connectivity index is 2.01. The second kappa shape index (κ2) is 4.17. The Morgan fingerprint density at radius 1 is 1.50 bits per heavy atom. The first kappa shape index (κ1) is 9.77. The first-order valence-electron chi connectivity index (χ1n) is 5.48. The van der Waals surface area contributed by atoms with Gasteiger partial charge in [-0.15, -0.1) is 0 Å². The molecule has 1 amide bonds. The van der Waals surface area contributed by atoms with Gasteiger partial charge in [-0.2, -0.15) is 0 Å².